The van der Waals surface area contributed by atoms with Crippen LogP contribution in [0.4, 0.5) is 0 Å². The summed E-state index contributed by atoms with van der Waals surface area (Å²) in [6, 6.07) is 4.62. The van der Waals surface area contributed by atoms with Crippen molar-refractivity contribution in [1.82, 2.24) is 0 Å². The van der Waals surface area contributed by atoms with E-state index in [1.165, 1.54) is 26.5 Å². The second-order valence-electron chi connectivity index (χ2n) is 9.34. The summed E-state index contributed by atoms with van der Waals surface area (Å²) in [4.78, 5) is 12.9. The number of methoxy groups -OCH3 is 2. The van der Waals surface area contributed by atoms with Gasteiger partial charge in [0.15, 0.2) is 17.8 Å². The molecule has 0 radical (unpaired) electrons. The molecule has 4 rings (SSSR count). The number of rotatable bonds is 7. The van der Waals surface area contributed by atoms with Crippen molar-refractivity contribution in [3.63, 3.8) is 0 Å². The lowest BCUT2D eigenvalue weighted by Crippen LogP contribution is -2.60. The van der Waals surface area contributed by atoms with Crippen molar-refractivity contribution >= 4 is 5.97 Å². The summed E-state index contributed by atoms with van der Waals surface area (Å²) in [7, 11) is 2.94. The Morgan fingerprint density at radius 3 is 2.47 bits per heavy atom. The van der Waals surface area contributed by atoms with Gasteiger partial charge in [0.25, 0.3) is 0 Å². The lowest BCUT2D eigenvalue weighted by Gasteiger charge is -2.43. The normalized spacial score (nSPS) is 39.7. The number of hydrogen-bond acceptors (Lipinski definition) is 12. The molecule has 1 aromatic carbocycles. The summed E-state index contributed by atoms with van der Waals surface area (Å²) in [5.41, 5.74) is -1.17. The molecule has 12 heteroatoms. The smallest absolute Gasteiger partial charge is 0.338 e. The summed E-state index contributed by atoms with van der Waals surface area (Å²) in [6.07, 6.45) is -6.24. The molecule has 2 heterocycles. The van der Waals surface area contributed by atoms with Crippen molar-refractivity contribution in [3.05, 3.63) is 36.1 Å². The molecule has 5 N–H and O–H groups in total. The van der Waals surface area contributed by atoms with Crippen LogP contribution in [0, 0.1) is 11.8 Å². The maximum atomic E-state index is 12.9. The van der Waals surface area contributed by atoms with Crippen molar-refractivity contribution in [2.45, 2.75) is 62.0 Å². The molecule has 2 aliphatic heterocycles. The lowest BCUT2D eigenvalue weighted by atomic mass is 9.85. The van der Waals surface area contributed by atoms with Crippen LogP contribution in [0.1, 0.15) is 23.7 Å². The topological polar surface area (TPSA) is 174 Å². The van der Waals surface area contributed by atoms with Crippen molar-refractivity contribution in [1.29, 1.82) is 0 Å². The van der Waals surface area contributed by atoms with Crippen molar-refractivity contribution in [3.8, 4) is 11.5 Å². The molecule has 1 aliphatic carbocycles. The zero-order valence-corrected chi connectivity index (χ0v) is 20.1. The Hall–Kier alpha value is -2.45. The molecule has 3 aliphatic rings. The van der Waals surface area contributed by atoms with Gasteiger partial charge in [-0.1, -0.05) is 0 Å². The number of fused-ring (bicyclic) bond motifs is 1. The molecule has 12 nitrogen and oxygen atoms in total. The average molecular weight is 513 g/mol. The minimum Gasteiger partial charge on any atom is -0.493 e. The fourth-order valence-corrected chi connectivity index (χ4v) is 5.06. The van der Waals surface area contributed by atoms with Gasteiger partial charge in [0.05, 0.1) is 44.2 Å². The summed E-state index contributed by atoms with van der Waals surface area (Å²) >= 11 is 0. The quantitative estimate of drug-likeness (QED) is 0.291. The maximum absolute atomic E-state index is 12.9. The third-order valence-electron chi connectivity index (χ3n) is 6.98. The van der Waals surface area contributed by atoms with Gasteiger partial charge in [0.2, 0.25) is 6.29 Å². The van der Waals surface area contributed by atoms with Crippen LogP contribution in [-0.2, 0) is 18.9 Å². The standard InChI is InChI=1S/C24H32O12/c1-24(30)9-15(34-21(29)11-4-5-13(31-2)14(8-11)32-3)12-6-7-33-22(17(12)24)36-23-20(28)19(27)18(26)16(10-25)35-23/h4-8,12,15-20,22-23,25-28,30H,9-10H2,1-3H3/t12-,15-,16-,17-,18-,19+,20-,22+,23+,24+/m1/s1. The summed E-state index contributed by atoms with van der Waals surface area (Å²) in [5.74, 6) is -1.05. The molecule has 0 spiro atoms. The van der Waals surface area contributed by atoms with Crippen LogP contribution in [0.3, 0.4) is 0 Å². The molecular formula is C24H32O12. The highest BCUT2D eigenvalue weighted by Gasteiger charge is 2.58. The minimum absolute atomic E-state index is 0.0730. The Labute approximate surface area is 207 Å². The molecule has 0 bridgehead atoms. The summed E-state index contributed by atoms with van der Waals surface area (Å²) in [5, 5.41) is 51.0. The van der Waals surface area contributed by atoms with E-state index < -0.39 is 73.1 Å². The molecular weight excluding hydrogens is 480 g/mol. The predicted octanol–water partition coefficient (Wildman–Crippen LogP) is -0.697. The molecule has 1 saturated heterocycles. The molecule has 0 unspecified atom stereocenters. The van der Waals surface area contributed by atoms with Crippen molar-refractivity contribution < 1.29 is 58.7 Å². The Balaban J connectivity index is 1.49. The van der Waals surface area contributed by atoms with Crippen LogP contribution >= 0.6 is 0 Å². The van der Waals surface area contributed by atoms with Gasteiger partial charge in [0, 0.05) is 12.3 Å². The first-order valence-electron chi connectivity index (χ1n) is 11.5. The zero-order valence-electron chi connectivity index (χ0n) is 20.1. The molecule has 1 aromatic rings. The number of hydrogen-bond donors (Lipinski definition) is 5. The fraction of sp³-hybridized carbons (Fsp3) is 0.625. The Morgan fingerprint density at radius 1 is 1.08 bits per heavy atom. The van der Waals surface area contributed by atoms with Crippen LogP contribution in [-0.4, -0.2) is 101 Å². The van der Waals surface area contributed by atoms with E-state index in [0.29, 0.717) is 11.5 Å². The molecule has 10 atom stereocenters. The molecule has 200 valence electrons. The van der Waals surface area contributed by atoms with Crippen molar-refractivity contribution in [2.75, 3.05) is 20.8 Å². The first-order chi connectivity index (χ1) is 17.1. The minimum atomic E-state index is -1.64. The predicted molar refractivity (Wildman–Crippen MR) is 120 cm³/mol. The first kappa shape index (κ1) is 26.6. The SMILES string of the molecule is COc1ccc(C(=O)O[C@@H]2C[C@](C)(O)[C@H]3[C@H](O[C@@H]4O[C@H](CO)[C@@H](O)[C@H](O)[C@H]4O)OC=C[C@@H]32)cc1OC. The highest BCUT2D eigenvalue weighted by atomic mass is 16.8. The van der Waals surface area contributed by atoms with Gasteiger partial charge in [-0.3, -0.25) is 0 Å². The highest BCUT2D eigenvalue weighted by molar-refractivity contribution is 5.90. The van der Waals surface area contributed by atoms with Gasteiger partial charge in [-0.25, -0.2) is 4.79 Å². The number of ether oxygens (including phenoxy) is 6. The number of benzene rings is 1. The maximum Gasteiger partial charge on any atom is 0.338 e. The molecule has 36 heavy (non-hydrogen) atoms. The van der Waals surface area contributed by atoms with E-state index >= 15 is 0 Å². The number of carbonyl (C=O) groups is 1. The van der Waals surface area contributed by atoms with Gasteiger partial charge in [-0.15, -0.1) is 0 Å². The fourth-order valence-electron chi connectivity index (χ4n) is 5.06. The van der Waals surface area contributed by atoms with Crippen LogP contribution in [0.15, 0.2) is 30.5 Å². The van der Waals surface area contributed by atoms with Gasteiger partial charge in [-0.05, 0) is 31.2 Å². The van der Waals surface area contributed by atoms with E-state index in [1.807, 2.05) is 0 Å². The van der Waals surface area contributed by atoms with E-state index in [2.05, 4.69) is 0 Å². The van der Waals surface area contributed by atoms with Gasteiger partial charge in [-0.2, -0.15) is 0 Å². The zero-order chi connectivity index (χ0) is 26.2. The van der Waals surface area contributed by atoms with Crippen molar-refractivity contribution in [2.24, 2.45) is 11.8 Å². The first-order valence-corrected chi connectivity index (χ1v) is 11.5. The van der Waals surface area contributed by atoms with Gasteiger partial charge < -0.3 is 54.0 Å². The number of esters is 1. The number of aliphatic hydroxyl groups excluding tert-OH is 4. The second kappa shape index (κ2) is 10.5. The van der Waals surface area contributed by atoms with Crippen LogP contribution < -0.4 is 9.47 Å². The number of carbonyl (C=O) groups excluding carboxylic acids is 1. The Kier molecular flexibility index (Phi) is 7.76. The largest absolute Gasteiger partial charge is 0.493 e. The monoisotopic (exact) mass is 512 g/mol. The van der Waals surface area contributed by atoms with E-state index in [-0.39, 0.29) is 12.0 Å². The van der Waals surface area contributed by atoms with E-state index in [9.17, 15) is 30.3 Å². The third-order valence-corrected chi connectivity index (χ3v) is 6.98. The van der Waals surface area contributed by atoms with Crippen LogP contribution in [0.5, 0.6) is 11.5 Å². The molecule has 0 amide bonds. The van der Waals surface area contributed by atoms with E-state index in [0.717, 1.165) is 0 Å². The lowest BCUT2D eigenvalue weighted by molar-refractivity contribution is -0.346. The van der Waals surface area contributed by atoms with Gasteiger partial charge in [0.1, 0.15) is 30.5 Å². The molecule has 2 fully saturated rings. The van der Waals surface area contributed by atoms with Gasteiger partial charge >= 0.3 is 5.97 Å². The van der Waals surface area contributed by atoms with E-state index in [4.69, 9.17) is 28.4 Å². The molecule has 0 aromatic heterocycles. The summed E-state index contributed by atoms with van der Waals surface area (Å²) < 4.78 is 33.0. The molecule has 1 saturated carbocycles. The van der Waals surface area contributed by atoms with Crippen LogP contribution in [0.2, 0.25) is 0 Å². The van der Waals surface area contributed by atoms with E-state index in [1.54, 1.807) is 25.1 Å². The highest BCUT2D eigenvalue weighted by Crippen LogP contribution is 2.48. The van der Waals surface area contributed by atoms with Crippen LogP contribution in [0.25, 0.3) is 0 Å². The Morgan fingerprint density at radius 2 is 1.81 bits per heavy atom. The number of aliphatic hydroxyl groups is 5. The second-order valence-corrected chi connectivity index (χ2v) is 9.34. The average Bonchev–Trinajstić information content (AvgIpc) is 3.13. The summed E-state index contributed by atoms with van der Waals surface area (Å²) in [6.45, 7) is 0.940. The Bertz CT molecular complexity index is 962. The third kappa shape index (κ3) is 4.90.